The molecule has 1 heterocycles. The van der Waals surface area contributed by atoms with E-state index < -0.39 is 5.97 Å². The summed E-state index contributed by atoms with van der Waals surface area (Å²) >= 11 is 11.8. The first kappa shape index (κ1) is 15.5. The molecule has 5 nitrogen and oxygen atoms in total. The van der Waals surface area contributed by atoms with Gasteiger partial charge in [0.1, 0.15) is 12.3 Å². The van der Waals surface area contributed by atoms with Crippen LogP contribution in [0.4, 0.5) is 0 Å². The average molecular weight is 349 g/mol. The topological polar surface area (TPSA) is 61.2 Å². The lowest BCUT2D eigenvalue weighted by Gasteiger charge is -2.10. The molecule has 3 rings (SSSR count). The number of hydrogen-bond donors (Lipinski definition) is 0. The summed E-state index contributed by atoms with van der Waals surface area (Å²) in [5.41, 5.74) is 0.352. The Balaban J connectivity index is 1.86. The van der Waals surface area contributed by atoms with Gasteiger partial charge in [0.15, 0.2) is 0 Å². The molecule has 3 aromatic rings. The zero-order valence-electron chi connectivity index (χ0n) is 11.7. The Morgan fingerprint density at radius 1 is 1.17 bits per heavy atom. The third-order valence-corrected chi connectivity index (χ3v) is 3.69. The number of carbonyl (C=O) groups is 1. The summed E-state index contributed by atoms with van der Waals surface area (Å²) in [5.74, 6) is -0.345. The molecule has 0 fully saturated rings. The first-order valence-electron chi connectivity index (χ1n) is 6.65. The standard InChI is InChI=1S/C16H10Cl2N2O3/c17-10-5-6-15(12(18)7-10)23-16(22)9-20-13-4-2-1-3-11(13)14(21)8-19-20/h1-8H,9H2. The fourth-order valence-electron chi connectivity index (χ4n) is 2.12. The normalized spacial score (nSPS) is 10.7. The number of ether oxygens (including phenoxy) is 1. The maximum atomic E-state index is 12.1. The van der Waals surface area contributed by atoms with Gasteiger partial charge in [0.05, 0.1) is 16.7 Å². The molecular weight excluding hydrogens is 339 g/mol. The van der Waals surface area contributed by atoms with E-state index in [1.54, 1.807) is 30.3 Å². The first-order chi connectivity index (χ1) is 11.0. The van der Waals surface area contributed by atoms with E-state index in [2.05, 4.69) is 5.10 Å². The number of benzene rings is 2. The predicted octanol–water partition coefficient (Wildman–Crippen LogP) is 3.31. The molecule has 116 valence electrons. The molecule has 0 saturated heterocycles. The van der Waals surface area contributed by atoms with Crippen molar-refractivity contribution in [2.45, 2.75) is 6.54 Å². The lowest BCUT2D eigenvalue weighted by Crippen LogP contribution is -2.21. The van der Waals surface area contributed by atoms with Crippen LogP contribution in [-0.4, -0.2) is 15.7 Å². The third kappa shape index (κ3) is 3.36. The fraction of sp³-hybridized carbons (Fsp3) is 0.0625. The van der Waals surface area contributed by atoms with E-state index in [4.69, 9.17) is 27.9 Å². The summed E-state index contributed by atoms with van der Waals surface area (Å²) in [6.07, 6.45) is 1.17. The van der Waals surface area contributed by atoms with Crippen LogP contribution in [-0.2, 0) is 11.3 Å². The van der Waals surface area contributed by atoms with Gasteiger partial charge in [-0.1, -0.05) is 35.3 Å². The van der Waals surface area contributed by atoms with Gasteiger partial charge >= 0.3 is 5.97 Å². The smallest absolute Gasteiger partial charge is 0.333 e. The minimum absolute atomic E-state index is 0.153. The largest absolute Gasteiger partial charge is 0.424 e. The second-order valence-corrected chi connectivity index (χ2v) is 5.58. The highest BCUT2D eigenvalue weighted by Gasteiger charge is 2.12. The molecule has 0 aliphatic heterocycles. The summed E-state index contributed by atoms with van der Waals surface area (Å²) in [6.45, 7) is -0.153. The van der Waals surface area contributed by atoms with Crippen molar-refractivity contribution in [1.29, 1.82) is 0 Å². The number of hydrogen-bond acceptors (Lipinski definition) is 4. The molecule has 0 spiro atoms. The van der Waals surface area contributed by atoms with E-state index in [0.29, 0.717) is 15.9 Å². The average Bonchev–Trinajstić information content (AvgIpc) is 2.53. The van der Waals surface area contributed by atoms with Crippen molar-refractivity contribution in [1.82, 2.24) is 9.78 Å². The molecule has 1 aromatic heterocycles. The Kier molecular flexibility index (Phi) is 4.32. The van der Waals surface area contributed by atoms with E-state index in [-0.39, 0.29) is 22.7 Å². The number of nitrogens with zero attached hydrogens (tertiary/aromatic N) is 2. The quantitative estimate of drug-likeness (QED) is 0.538. The molecule has 2 aromatic carbocycles. The van der Waals surface area contributed by atoms with Crippen LogP contribution < -0.4 is 10.2 Å². The molecule has 0 unspecified atom stereocenters. The monoisotopic (exact) mass is 348 g/mol. The molecule has 0 N–H and O–H groups in total. The molecule has 0 radical (unpaired) electrons. The van der Waals surface area contributed by atoms with Crippen LogP contribution in [0.25, 0.3) is 10.9 Å². The molecule has 0 aliphatic rings. The Hall–Kier alpha value is -2.37. The van der Waals surface area contributed by atoms with Crippen molar-refractivity contribution in [3.05, 3.63) is 68.9 Å². The van der Waals surface area contributed by atoms with Crippen LogP contribution in [0.3, 0.4) is 0 Å². The van der Waals surface area contributed by atoms with Crippen LogP contribution in [0.5, 0.6) is 5.75 Å². The van der Waals surface area contributed by atoms with Crippen LogP contribution >= 0.6 is 23.2 Å². The van der Waals surface area contributed by atoms with Crippen LogP contribution in [0.2, 0.25) is 10.0 Å². The zero-order chi connectivity index (χ0) is 16.4. The van der Waals surface area contributed by atoms with Gasteiger partial charge in [-0.25, -0.2) is 4.79 Å². The number of esters is 1. The number of carbonyl (C=O) groups excluding carboxylic acids is 1. The van der Waals surface area contributed by atoms with Gasteiger partial charge in [-0.05, 0) is 30.3 Å². The van der Waals surface area contributed by atoms with E-state index in [1.165, 1.54) is 23.0 Å². The summed E-state index contributed by atoms with van der Waals surface area (Å²) in [4.78, 5) is 23.9. The third-order valence-electron chi connectivity index (χ3n) is 3.16. The molecule has 0 amide bonds. The maximum Gasteiger partial charge on any atom is 0.333 e. The van der Waals surface area contributed by atoms with E-state index in [9.17, 15) is 9.59 Å². The van der Waals surface area contributed by atoms with Crippen LogP contribution in [0.15, 0.2) is 53.5 Å². The lowest BCUT2D eigenvalue weighted by atomic mass is 10.2. The molecule has 7 heteroatoms. The molecule has 0 atom stereocenters. The highest BCUT2D eigenvalue weighted by molar-refractivity contribution is 6.35. The molecule has 0 saturated carbocycles. The van der Waals surface area contributed by atoms with Gasteiger partial charge in [0, 0.05) is 10.4 Å². The Morgan fingerprint density at radius 3 is 2.74 bits per heavy atom. The SMILES string of the molecule is O=C(Cn1ncc(=O)c2ccccc21)Oc1ccc(Cl)cc1Cl. The molecule has 0 aliphatic carbocycles. The van der Waals surface area contributed by atoms with Gasteiger partial charge in [-0.3, -0.25) is 9.48 Å². The summed E-state index contributed by atoms with van der Waals surface area (Å²) in [7, 11) is 0. The Morgan fingerprint density at radius 2 is 1.96 bits per heavy atom. The van der Waals surface area contributed by atoms with Gasteiger partial charge in [0.25, 0.3) is 0 Å². The molecule has 0 bridgehead atoms. The van der Waals surface area contributed by atoms with E-state index in [0.717, 1.165) is 0 Å². The zero-order valence-corrected chi connectivity index (χ0v) is 13.2. The minimum Gasteiger partial charge on any atom is -0.424 e. The minimum atomic E-state index is -0.560. The Bertz CT molecular complexity index is 953. The Labute approximate surface area is 141 Å². The van der Waals surface area contributed by atoms with Gasteiger partial charge in [0.2, 0.25) is 5.43 Å². The fourth-order valence-corrected chi connectivity index (χ4v) is 2.57. The molecular formula is C16H10Cl2N2O3. The number of fused-ring (bicyclic) bond motifs is 1. The van der Waals surface area contributed by atoms with Gasteiger partial charge in [-0.15, -0.1) is 0 Å². The van der Waals surface area contributed by atoms with Crippen molar-refractivity contribution in [3.63, 3.8) is 0 Å². The number of halogens is 2. The van der Waals surface area contributed by atoms with Crippen LogP contribution in [0, 0.1) is 0 Å². The first-order valence-corrected chi connectivity index (χ1v) is 7.41. The predicted molar refractivity (Wildman–Crippen MR) is 88.1 cm³/mol. The van der Waals surface area contributed by atoms with Crippen molar-refractivity contribution >= 4 is 40.1 Å². The van der Waals surface area contributed by atoms with Crippen molar-refractivity contribution in [2.75, 3.05) is 0 Å². The van der Waals surface area contributed by atoms with Crippen molar-refractivity contribution in [2.24, 2.45) is 0 Å². The lowest BCUT2D eigenvalue weighted by molar-refractivity contribution is -0.135. The second kappa shape index (κ2) is 6.40. The highest BCUT2D eigenvalue weighted by Crippen LogP contribution is 2.27. The summed E-state index contributed by atoms with van der Waals surface area (Å²) < 4.78 is 6.62. The van der Waals surface area contributed by atoms with E-state index in [1.807, 2.05) is 0 Å². The number of aromatic nitrogens is 2. The second-order valence-electron chi connectivity index (χ2n) is 4.73. The maximum absolute atomic E-state index is 12.1. The summed E-state index contributed by atoms with van der Waals surface area (Å²) in [6, 6.07) is 11.5. The van der Waals surface area contributed by atoms with Crippen molar-refractivity contribution < 1.29 is 9.53 Å². The van der Waals surface area contributed by atoms with E-state index >= 15 is 0 Å². The highest BCUT2D eigenvalue weighted by atomic mass is 35.5. The number of rotatable bonds is 3. The van der Waals surface area contributed by atoms with Gasteiger partial charge < -0.3 is 4.74 Å². The van der Waals surface area contributed by atoms with Crippen LogP contribution in [0.1, 0.15) is 0 Å². The summed E-state index contributed by atoms with van der Waals surface area (Å²) in [5, 5.41) is 5.15. The number of para-hydroxylation sites is 1. The van der Waals surface area contributed by atoms with Crippen molar-refractivity contribution in [3.8, 4) is 5.75 Å². The van der Waals surface area contributed by atoms with Gasteiger partial charge in [-0.2, -0.15) is 5.10 Å². The molecule has 23 heavy (non-hydrogen) atoms.